The quantitative estimate of drug-likeness (QED) is 0.480. The van der Waals surface area contributed by atoms with Gasteiger partial charge in [-0.3, -0.25) is 0 Å². The van der Waals surface area contributed by atoms with Crippen molar-refractivity contribution in [3.05, 3.63) is 29.3 Å². The molecular formula is C16H21NO3S. The number of hydrogen-bond donors (Lipinski definition) is 0. The maximum Gasteiger partial charge on any atom is 0.345 e. The summed E-state index contributed by atoms with van der Waals surface area (Å²) in [5.41, 5.74) is 1.42. The Labute approximate surface area is 130 Å². The van der Waals surface area contributed by atoms with Crippen molar-refractivity contribution < 1.29 is 14.3 Å². The van der Waals surface area contributed by atoms with Crippen molar-refractivity contribution in [3.63, 3.8) is 0 Å². The zero-order valence-corrected chi connectivity index (χ0v) is 13.9. The van der Waals surface area contributed by atoms with Crippen molar-refractivity contribution in [1.29, 1.82) is 0 Å². The molecule has 0 saturated carbocycles. The molecule has 0 radical (unpaired) electrons. The fraction of sp³-hybridized carbons (Fsp3) is 0.500. The van der Waals surface area contributed by atoms with Gasteiger partial charge >= 0.3 is 5.97 Å². The Balaban J connectivity index is 2.19. The van der Waals surface area contributed by atoms with E-state index in [4.69, 9.17) is 9.47 Å². The number of fused-ring (bicyclic) bond motifs is 1. The maximum atomic E-state index is 12.0. The zero-order valence-electron chi connectivity index (χ0n) is 13.1. The number of esters is 1. The highest BCUT2D eigenvalue weighted by atomic mass is 32.2. The Hall–Kier alpha value is -1.49. The highest BCUT2D eigenvalue weighted by Gasteiger charge is 2.34. The fourth-order valence-corrected chi connectivity index (χ4v) is 2.37. The predicted octanol–water partition coefficient (Wildman–Crippen LogP) is 4.03. The van der Waals surface area contributed by atoms with Crippen LogP contribution in [0, 0.1) is 0 Å². The van der Waals surface area contributed by atoms with Crippen molar-refractivity contribution in [2.75, 3.05) is 0 Å². The standard InChI is InChI=1S/C16H21NO3S/c1-15(2,3)21-17-10-9-11-7-6-8-12-13(11)19-16(4,5)20-14(12)18/h6-8,10H,9H2,1-5H3/b17-10+. The first-order valence-electron chi connectivity index (χ1n) is 6.92. The summed E-state index contributed by atoms with van der Waals surface area (Å²) < 4.78 is 15.5. The molecular weight excluding hydrogens is 286 g/mol. The third-order valence-electron chi connectivity index (χ3n) is 2.72. The van der Waals surface area contributed by atoms with Crippen LogP contribution in [0.5, 0.6) is 5.75 Å². The van der Waals surface area contributed by atoms with E-state index in [1.165, 1.54) is 11.9 Å². The van der Waals surface area contributed by atoms with E-state index in [2.05, 4.69) is 25.2 Å². The lowest BCUT2D eigenvalue weighted by molar-refractivity contribution is -0.127. The topological polar surface area (TPSA) is 47.9 Å². The maximum absolute atomic E-state index is 12.0. The van der Waals surface area contributed by atoms with Gasteiger partial charge in [-0.1, -0.05) is 12.1 Å². The number of benzene rings is 1. The smallest absolute Gasteiger partial charge is 0.345 e. The van der Waals surface area contributed by atoms with Crippen LogP contribution in [-0.4, -0.2) is 22.7 Å². The van der Waals surface area contributed by atoms with E-state index in [0.717, 1.165) is 5.56 Å². The third-order valence-corrected chi connectivity index (χ3v) is 3.52. The summed E-state index contributed by atoms with van der Waals surface area (Å²) in [4.78, 5) is 12.0. The van der Waals surface area contributed by atoms with E-state index in [1.54, 1.807) is 19.9 Å². The molecule has 1 aliphatic rings. The minimum atomic E-state index is -0.933. The molecule has 5 heteroatoms. The van der Waals surface area contributed by atoms with Gasteiger partial charge in [0.15, 0.2) is 0 Å². The van der Waals surface area contributed by atoms with Crippen molar-refractivity contribution in [1.82, 2.24) is 0 Å². The molecule has 114 valence electrons. The Morgan fingerprint density at radius 2 is 2.00 bits per heavy atom. The number of hydrogen-bond acceptors (Lipinski definition) is 5. The second-order valence-corrected chi connectivity index (χ2v) is 8.00. The van der Waals surface area contributed by atoms with Gasteiger partial charge in [-0.25, -0.2) is 9.19 Å². The minimum absolute atomic E-state index is 0.0922. The summed E-state index contributed by atoms with van der Waals surface area (Å²) in [6, 6.07) is 5.50. The molecule has 1 heterocycles. The van der Waals surface area contributed by atoms with E-state index in [0.29, 0.717) is 17.7 Å². The SMILES string of the molecule is CC1(C)OC(=O)c2cccc(C/C=N/SC(C)(C)C)c2O1. The summed E-state index contributed by atoms with van der Waals surface area (Å²) in [6.45, 7) is 9.80. The van der Waals surface area contributed by atoms with Crippen LogP contribution >= 0.6 is 11.9 Å². The van der Waals surface area contributed by atoms with Crippen molar-refractivity contribution >= 4 is 24.1 Å². The van der Waals surface area contributed by atoms with Crippen LogP contribution in [0.3, 0.4) is 0 Å². The average Bonchev–Trinajstić information content (AvgIpc) is 2.32. The molecule has 0 aromatic heterocycles. The number of carbonyl (C=O) groups is 1. The van der Waals surface area contributed by atoms with E-state index >= 15 is 0 Å². The highest BCUT2D eigenvalue weighted by molar-refractivity contribution is 7.99. The first-order chi connectivity index (χ1) is 9.68. The second kappa shape index (κ2) is 5.72. The van der Waals surface area contributed by atoms with Gasteiger partial charge in [-0.2, -0.15) is 0 Å². The van der Waals surface area contributed by atoms with Crippen molar-refractivity contribution in [2.24, 2.45) is 4.40 Å². The number of rotatable bonds is 3. The van der Waals surface area contributed by atoms with Gasteiger partial charge < -0.3 is 9.47 Å². The molecule has 4 nitrogen and oxygen atoms in total. The van der Waals surface area contributed by atoms with Crippen LogP contribution in [-0.2, 0) is 11.2 Å². The number of ether oxygens (including phenoxy) is 2. The first-order valence-corrected chi connectivity index (χ1v) is 7.69. The minimum Gasteiger partial charge on any atom is -0.452 e. The van der Waals surface area contributed by atoms with E-state index in [-0.39, 0.29) is 10.7 Å². The van der Waals surface area contributed by atoms with Gasteiger partial charge in [-0.05, 0) is 38.8 Å². The van der Waals surface area contributed by atoms with Gasteiger partial charge in [0.05, 0.1) is 0 Å². The van der Waals surface area contributed by atoms with Gasteiger partial charge in [0, 0.05) is 36.8 Å². The van der Waals surface area contributed by atoms with Crippen molar-refractivity contribution in [2.45, 2.75) is 51.6 Å². The Kier molecular flexibility index (Phi) is 4.33. The molecule has 1 aliphatic heterocycles. The number of para-hydroxylation sites is 1. The molecule has 2 rings (SSSR count). The number of cyclic esters (lactones) is 1. The fourth-order valence-electron chi connectivity index (χ4n) is 1.90. The lowest BCUT2D eigenvalue weighted by Gasteiger charge is -2.32. The molecule has 0 aliphatic carbocycles. The molecule has 0 N–H and O–H groups in total. The molecule has 21 heavy (non-hydrogen) atoms. The van der Waals surface area contributed by atoms with Crippen LogP contribution in [0.1, 0.15) is 50.5 Å². The summed E-state index contributed by atoms with van der Waals surface area (Å²) in [5.74, 6) is -0.674. The summed E-state index contributed by atoms with van der Waals surface area (Å²) in [6.07, 6.45) is 2.47. The monoisotopic (exact) mass is 307 g/mol. The van der Waals surface area contributed by atoms with Crippen LogP contribution < -0.4 is 4.74 Å². The van der Waals surface area contributed by atoms with Crippen molar-refractivity contribution in [3.8, 4) is 5.75 Å². The number of carbonyl (C=O) groups excluding carboxylic acids is 1. The van der Waals surface area contributed by atoms with Gasteiger partial charge in [0.1, 0.15) is 11.3 Å². The molecule has 0 saturated heterocycles. The molecule has 0 bridgehead atoms. The van der Waals surface area contributed by atoms with Crippen LogP contribution in [0.15, 0.2) is 22.6 Å². The third kappa shape index (κ3) is 4.24. The van der Waals surface area contributed by atoms with E-state index < -0.39 is 5.79 Å². The predicted molar refractivity (Wildman–Crippen MR) is 86.1 cm³/mol. The van der Waals surface area contributed by atoms with Gasteiger partial charge in [-0.15, -0.1) is 0 Å². The lowest BCUT2D eigenvalue weighted by atomic mass is 10.0. The first kappa shape index (κ1) is 15.9. The second-order valence-electron chi connectivity index (χ2n) is 6.38. The lowest BCUT2D eigenvalue weighted by Crippen LogP contribution is -2.39. The van der Waals surface area contributed by atoms with Crippen LogP contribution in [0.25, 0.3) is 0 Å². The molecule has 1 aromatic carbocycles. The van der Waals surface area contributed by atoms with Gasteiger partial charge in [0.25, 0.3) is 0 Å². The van der Waals surface area contributed by atoms with E-state index in [9.17, 15) is 4.79 Å². The summed E-state index contributed by atoms with van der Waals surface area (Å²) in [5, 5.41) is 0. The van der Waals surface area contributed by atoms with Crippen LogP contribution in [0.4, 0.5) is 0 Å². The normalized spacial score (nSPS) is 17.3. The van der Waals surface area contributed by atoms with Gasteiger partial charge in [0.2, 0.25) is 5.79 Å². The highest BCUT2D eigenvalue weighted by Crippen LogP contribution is 2.34. The Morgan fingerprint density at radius 1 is 1.29 bits per heavy atom. The molecule has 0 spiro atoms. The summed E-state index contributed by atoms with van der Waals surface area (Å²) in [7, 11) is 0. The van der Waals surface area contributed by atoms with Crippen LogP contribution in [0.2, 0.25) is 0 Å². The molecule has 0 amide bonds. The average molecular weight is 307 g/mol. The molecule has 0 fully saturated rings. The Bertz CT molecular complexity index is 573. The largest absolute Gasteiger partial charge is 0.452 e. The molecule has 0 unspecified atom stereocenters. The summed E-state index contributed by atoms with van der Waals surface area (Å²) >= 11 is 1.53. The number of nitrogens with zero attached hydrogens (tertiary/aromatic N) is 1. The molecule has 0 atom stereocenters. The zero-order chi connectivity index (χ0) is 15.7. The Morgan fingerprint density at radius 3 is 2.67 bits per heavy atom. The molecule has 1 aromatic rings. The van der Waals surface area contributed by atoms with E-state index in [1.807, 2.05) is 18.3 Å².